The van der Waals surface area contributed by atoms with Gasteiger partial charge in [-0.2, -0.15) is 11.8 Å². The Morgan fingerprint density at radius 2 is 1.83 bits per heavy atom. The molecule has 0 N–H and O–H groups in total. The predicted molar refractivity (Wildman–Crippen MR) is 98.0 cm³/mol. The molecule has 0 amide bonds. The van der Waals surface area contributed by atoms with E-state index < -0.39 is 24.0 Å². The molecule has 3 rings (SSSR count). The Balaban J connectivity index is 1.65. The Kier molecular flexibility index (Phi) is 5.00. The van der Waals surface area contributed by atoms with Gasteiger partial charge in [0.1, 0.15) is 17.6 Å². The first kappa shape index (κ1) is 17.8. The number of halogens is 1. The first-order valence-electron chi connectivity index (χ1n) is 8.34. The molecule has 6 heteroatoms. The molecule has 24 heavy (non-hydrogen) atoms. The van der Waals surface area contributed by atoms with Crippen molar-refractivity contribution in [2.24, 2.45) is 0 Å². The molecule has 0 aromatic heterocycles. The van der Waals surface area contributed by atoms with E-state index in [-0.39, 0.29) is 6.10 Å². The van der Waals surface area contributed by atoms with Crippen LogP contribution in [0.1, 0.15) is 39.7 Å². The zero-order chi connectivity index (χ0) is 17.4. The van der Waals surface area contributed by atoms with Gasteiger partial charge in [-0.15, -0.1) is 0 Å². The standard InChI is InChI=1S/C18H24BFO3S/c1-17(2)18(3,4)23-19(22-17)16(20)11-13-5-7-14(8-6-13)21-15-9-10-24-12-15/h5-8,11,15H,9-10,12H2,1-4H3. The molecule has 2 saturated heterocycles. The second-order valence-corrected chi connectivity index (χ2v) is 8.44. The Bertz CT molecular complexity index is 593. The van der Waals surface area contributed by atoms with E-state index in [1.165, 1.54) is 6.08 Å². The van der Waals surface area contributed by atoms with Crippen LogP contribution in [0.4, 0.5) is 4.39 Å². The van der Waals surface area contributed by atoms with E-state index in [1.54, 1.807) is 0 Å². The highest BCUT2D eigenvalue weighted by Gasteiger charge is 2.53. The first-order chi connectivity index (χ1) is 11.3. The maximum Gasteiger partial charge on any atom is 0.525 e. The second-order valence-electron chi connectivity index (χ2n) is 7.29. The van der Waals surface area contributed by atoms with Gasteiger partial charge in [0, 0.05) is 5.75 Å². The molecule has 2 aliphatic rings. The van der Waals surface area contributed by atoms with Crippen LogP contribution in [0.15, 0.2) is 30.0 Å². The van der Waals surface area contributed by atoms with Gasteiger partial charge in [0.15, 0.2) is 0 Å². The summed E-state index contributed by atoms with van der Waals surface area (Å²) in [6, 6.07) is 7.46. The molecule has 0 radical (unpaired) electrons. The molecular formula is C18H24BFO3S. The summed E-state index contributed by atoms with van der Waals surface area (Å²) in [4.78, 5) is 0. The Hall–Kier alpha value is -0.975. The fourth-order valence-electron chi connectivity index (χ4n) is 2.62. The van der Waals surface area contributed by atoms with E-state index in [0.717, 1.165) is 29.2 Å². The predicted octanol–water partition coefficient (Wildman–Crippen LogP) is 4.51. The van der Waals surface area contributed by atoms with Gasteiger partial charge in [0.05, 0.1) is 11.2 Å². The number of benzene rings is 1. The lowest BCUT2D eigenvalue weighted by Crippen LogP contribution is -2.41. The molecule has 0 bridgehead atoms. The molecule has 130 valence electrons. The van der Waals surface area contributed by atoms with Gasteiger partial charge in [-0.3, -0.25) is 0 Å². The van der Waals surface area contributed by atoms with Crippen LogP contribution < -0.4 is 4.74 Å². The van der Waals surface area contributed by atoms with Gasteiger partial charge in [-0.05, 0) is 63.6 Å². The molecule has 1 atom stereocenters. The van der Waals surface area contributed by atoms with Crippen LogP contribution >= 0.6 is 11.8 Å². The lowest BCUT2D eigenvalue weighted by Gasteiger charge is -2.32. The summed E-state index contributed by atoms with van der Waals surface area (Å²) in [7, 11) is -0.957. The maximum absolute atomic E-state index is 14.5. The van der Waals surface area contributed by atoms with Crippen molar-refractivity contribution >= 4 is 25.0 Å². The topological polar surface area (TPSA) is 27.7 Å². The molecule has 2 fully saturated rings. The van der Waals surface area contributed by atoms with Crippen molar-refractivity contribution in [3.8, 4) is 5.75 Å². The Labute approximate surface area is 148 Å². The minimum absolute atomic E-state index is 0.290. The zero-order valence-corrected chi connectivity index (χ0v) is 15.5. The summed E-state index contributed by atoms with van der Waals surface area (Å²) in [6.45, 7) is 7.64. The van der Waals surface area contributed by atoms with Crippen molar-refractivity contribution in [2.75, 3.05) is 11.5 Å². The minimum atomic E-state index is -0.957. The molecule has 1 aromatic carbocycles. The third-order valence-electron chi connectivity index (χ3n) is 4.85. The van der Waals surface area contributed by atoms with E-state index in [4.69, 9.17) is 14.0 Å². The Morgan fingerprint density at radius 1 is 1.21 bits per heavy atom. The van der Waals surface area contributed by atoms with E-state index in [9.17, 15) is 4.39 Å². The van der Waals surface area contributed by atoms with Gasteiger partial charge in [-0.1, -0.05) is 12.1 Å². The van der Waals surface area contributed by atoms with E-state index in [0.29, 0.717) is 0 Å². The summed E-state index contributed by atoms with van der Waals surface area (Å²) in [5.41, 5.74) is -0.746. The second kappa shape index (κ2) is 6.73. The molecule has 0 aliphatic carbocycles. The molecule has 1 aromatic rings. The SMILES string of the molecule is CC1(C)OB(C(F)=Cc2ccc(OC3CCSC3)cc2)OC1(C)C. The average molecular weight is 350 g/mol. The summed E-state index contributed by atoms with van der Waals surface area (Å²) in [5, 5.41) is 0. The van der Waals surface area contributed by atoms with Gasteiger partial charge in [-0.25, -0.2) is 4.39 Å². The smallest absolute Gasteiger partial charge is 0.490 e. The van der Waals surface area contributed by atoms with Gasteiger partial charge in [0.2, 0.25) is 0 Å². The summed E-state index contributed by atoms with van der Waals surface area (Å²) in [6.07, 6.45) is 2.83. The molecule has 2 heterocycles. The molecular weight excluding hydrogens is 326 g/mol. The van der Waals surface area contributed by atoms with Crippen LogP contribution in [0.3, 0.4) is 0 Å². The number of hydrogen-bond donors (Lipinski definition) is 0. The van der Waals surface area contributed by atoms with Crippen molar-refractivity contribution in [1.82, 2.24) is 0 Å². The highest BCUT2D eigenvalue weighted by molar-refractivity contribution is 7.99. The molecule has 2 aliphatic heterocycles. The molecule has 0 spiro atoms. The van der Waals surface area contributed by atoms with Crippen LogP contribution in [0.5, 0.6) is 5.75 Å². The van der Waals surface area contributed by atoms with Crippen LogP contribution in [-0.2, 0) is 9.31 Å². The summed E-state index contributed by atoms with van der Waals surface area (Å²) >= 11 is 1.91. The van der Waals surface area contributed by atoms with Crippen LogP contribution in [0.25, 0.3) is 6.08 Å². The summed E-state index contributed by atoms with van der Waals surface area (Å²) < 4.78 is 31.8. The van der Waals surface area contributed by atoms with E-state index in [1.807, 2.05) is 63.7 Å². The highest BCUT2D eigenvalue weighted by atomic mass is 32.2. The van der Waals surface area contributed by atoms with Crippen LogP contribution in [-0.4, -0.2) is 35.9 Å². The van der Waals surface area contributed by atoms with E-state index >= 15 is 0 Å². The van der Waals surface area contributed by atoms with Gasteiger partial charge in [0.25, 0.3) is 0 Å². The third kappa shape index (κ3) is 3.81. The molecule has 0 saturated carbocycles. The minimum Gasteiger partial charge on any atom is -0.490 e. The summed E-state index contributed by atoms with van der Waals surface area (Å²) in [5.74, 6) is 3.03. The van der Waals surface area contributed by atoms with Gasteiger partial charge < -0.3 is 14.0 Å². The van der Waals surface area contributed by atoms with Crippen molar-refractivity contribution in [1.29, 1.82) is 0 Å². The monoisotopic (exact) mass is 350 g/mol. The zero-order valence-electron chi connectivity index (χ0n) is 14.7. The van der Waals surface area contributed by atoms with Crippen LogP contribution in [0, 0.1) is 0 Å². The lowest BCUT2D eigenvalue weighted by molar-refractivity contribution is 0.00578. The first-order valence-corrected chi connectivity index (χ1v) is 9.49. The lowest BCUT2D eigenvalue weighted by atomic mass is 9.87. The van der Waals surface area contributed by atoms with E-state index in [2.05, 4.69) is 0 Å². The molecule has 3 nitrogen and oxygen atoms in total. The average Bonchev–Trinajstić information content (AvgIpc) is 3.07. The highest BCUT2D eigenvalue weighted by Crippen LogP contribution is 2.39. The normalized spacial score (nSPS) is 26.0. The number of thioether (sulfide) groups is 1. The fourth-order valence-corrected chi connectivity index (χ4v) is 3.72. The largest absolute Gasteiger partial charge is 0.525 e. The van der Waals surface area contributed by atoms with Crippen molar-refractivity contribution in [3.05, 3.63) is 35.6 Å². The van der Waals surface area contributed by atoms with Gasteiger partial charge >= 0.3 is 7.12 Å². The quantitative estimate of drug-likeness (QED) is 0.747. The fraction of sp³-hybridized carbons (Fsp3) is 0.556. The number of rotatable bonds is 4. The Morgan fingerprint density at radius 3 is 2.38 bits per heavy atom. The molecule has 1 unspecified atom stereocenters. The maximum atomic E-state index is 14.5. The van der Waals surface area contributed by atoms with Crippen molar-refractivity contribution in [3.63, 3.8) is 0 Å². The van der Waals surface area contributed by atoms with Crippen LogP contribution in [0.2, 0.25) is 0 Å². The number of hydrogen-bond acceptors (Lipinski definition) is 4. The third-order valence-corrected chi connectivity index (χ3v) is 5.99. The van der Waals surface area contributed by atoms with Crippen molar-refractivity contribution in [2.45, 2.75) is 51.4 Å². The van der Waals surface area contributed by atoms with Crippen molar-refractivity contribution < 1.29 is 18.4 Å². The number of ether oxygens (including phenoxy) is 1.